The molecule has 0 saturated carbocycles. The predicted molar refractivity (Wildman–Crippen MR) is 128 cm³/mol. The Hall–Kier alpha value is -3.08. The number of nitrogens with one attached hydrogen (secondary N) is 1. The van der Waals surface area contributed by atoms with Gasteiger partial charge < -0.3 is 10.2 Å². The minimum Gasteiger partial charge on any atom is -0.355 e. The maximum absolute atomic E-state index is 13.4. The molecule has 1 atom stereocenters. The van der Waals surface area contributed by atoms with Gasteiger partial charge in [0.15, 0.2) is 0 Å². The number of halogens is 3. The Kier molecular flexibility index (Phi) is 9.70. The van der Waals surface area contributed by atoms with Gasteiger partial charge in [-0.3, -0.25) is 13.9 Å². The summed E-state index contributed by atoms with van der Waals surface area (Å²) in [6.45, 7) is 3.18. The number of hydrogen-bond acceptors (Lipinski definition) is 4. The van der Waals surface area contributed by atoms with Crippen molar-refractivity contribution in [3.05, 3.63) is 65.7 Å². The summed E-state index contributed by atoms with van der Waals surface area (Å²) < 4.78 is 65.2. The van der Waals surface area contributed by atoms with Crippen LogP contribution in [0.4, 0.5) is 18.9 Å². The summed E-state index contributed by atoms with van der Waals surface area (Å²) >= 11 is 0. The number of nitrogens with zero attached hydrogens (tertiary/aromatic N) is 2. The Morgan fingerprint density at radius 1 is 1.03 bits per heavy atom. The second-order valence-corrected chi connectivity index (χ2v) is 9.87. The fourth-order valence-electron chi connectivity index (χ4n) is 3.64. The van der Waals surface area contributed by atoms with Gasteiger partial charge in [-0.25, -0.2) is 8.42 Å². The topological polar surface area (TPSA) is 86.8 Å². The van der Waals surface area contributed by atoms with Crippen LogP contribution in [0.5, 0.6) is 0 Å². The summed E-state index contributed by atoms with van der Waals surface area (Å²) in [5.74, 6) is -1.08. The van der Waals surface area contributed by atoms with Crippen LogP contribution in [-0.2, 0) is 32.2 Å². The third-order valence-corrected chi connectivity index (χ3v) is 6.50. The van der Waals surface area contributed by atoms with Gasteiger partial charge in [0, 0.05) is 13.1 Å². The highest BCUT2D eigenvalue weighted by Gasteiger charge is 2.34. The molecule has 0 aliphatic heterocycles. The van der Waals surface area contributed by atoms with E-state index in [1.54, 1.807) is 13.8 Å². The largest absolute Gasteiger partial charge is 0.416 e. The number of sulfonamides is 1. The fraction of sp³-hybridized carbons (Fsp3) is 0.417. The molecule has 192 valence electrons. The van der Waals surface area contributed by atoms with Gasteiger partial charge >= 0.3 is 6.18 Å². The predicted octanol–water partition coefficient (Wildman–Crippen LogP) is 3.46. The average molecular weight is 514 g/mol. The van der Waals surface area contributed by atoms with E-state index in [0.717, 1.165) is 24.0 Å². The van der Waals surface area contributed by atoms with E-state index in [1.165, 1.54) is 11.0 Å². The number of anilines is 1. The van der Waals surface area contributed by atoms with Crippen molar-refractivity contribution in [1.29, 1.82) is 0 Å². The molecule has 2 aromatic carbocycles. The first-order chi connectivity index (χ1) is 16.4. The number of carbonyl (C=O) groups excluding carboxylic acids is 2. The molecule has 0 spiro atoms. The number of hydrogen-bond donors (Lipinski definition) is 1. The van der Waals surface area contributed by atoms with E-state index in [4.69, 9.17) is 0 Å². The Morgan fingerprint density at radius 2 is 1.69 bits per heavy atom. The molecular formula is C24H30F3N3O4S. The summed E-state index contributed by atoms with van der Waals surface area (Å²) in [7, 11) is -4.12. The Balaban J connectivity index is 2.40. The van der Waals surface area contributed by atoms with Gasteiger partial charge in [-0.1, -0.05) is 43.3 Å². The van der Waals surface area contributed by atoms with Crippen LogP contribution in [0.1, 0.15) is 31.4 Å². The molecule has 2 aromatic rings. The van der Waals surface area contributed by atoms with Crippen LogP contribution in [0.25, 0.3) is 0 Å². The number of benzene rings is 2. The first-order valence-electron chi connectivity index (χ1n) is 11.1. The second-order valence-electron chi connectivity index (χ2n) is 7.96. The van der Waals surface area contributed by atoms with Gasteiger partial charge in [0.1, 0.15) is 12.6 Å². The summed E-state index contributed by atoms with van der Waals surface area (Å²) in [4.78, 5) is 27.4. The van der Waals surface area contributed by atoms with Gasteiger partial charge in [-0.15, -0.1) is 0 Å². The highest BCUT2D eigenvalue weighted by atomic mass is 32.2. The highest BCUT2D eigenvalue weighted by molar-refractivity contribution is 7.92. The Bertz CT molecular complexity index is 1110. The van der Waals surface area contributed by atoms with Crippen molar-refractivity contribution in [2.45, 2.75) is 38.9 Å². The SMILES string of the molecule is CCNC(=O)[C@H](CC)N(CCc1ccccc1)C(=O)CN(c1cccc(C(F)(F)F)c1)S(C)(=O)=O. The molecule has 0 aromatic heterocycles. The first kappa shape index (κ1) is 28.2. The number of amides is 2. The van der Waals surface area contributed by atoms with Crippen LogP contribution in [0, 0.1) is 0 Å². The van der Waals surface area contributed by atoms with E-state index >= 15 is 0 Å². The fourth-order valence-corrected chi connectivity index (χ4v) is 4.48. The number of alkyl halides is 3. The second kappa shape index (κ2) is 12.1. The molecule has 11 heteroatoms. The van der Waals surface area contributed by atoms with Crippen LogP contribution in [0.15, 0.2) is 54.6 Å². The van der Waals surface area contributed by atoms with E-state index in [0.29, 0.717) is 23.3 Å². The Labute approximate surface area is 204 Å². The van der Waals surface area contributed by atoms with Crippen LogP contribution in [0.3, 0.4) is 0 Å². The molecule has 0 heterocycles. The quantitative estimate of drug-likeness (QED) is 0.499. The van der Waals surface area contributed by atoms with Gasteiger partial charge in [0.05, 0.1) is 17.5 Å². The molecule has 1 N–H and O–H groups in total. The van der Waals surface area contributed by atoms with Crippen molar-refractivity contribution >= 4 is 27.5 Å². The molecule has 0 fully saturated rings. The summed E-state index contributed by atoms with van der Waals surface area (Å²) in [6, 6.07) is 12.1. The third-order valence-electron chi connectivity index (χ3n) is 5.36. The molecule has 0 unspecified atom stereocenters. The summed E-state index contributed by atoms with van der Waals surface area (Å²) in [6.07, 6.45) is -3.19. The maximum Gasteiger partial charge on any atom is 0.416 e. The van der Waals surface area contributed by atoms with Crippen molar-refractivity contribution in [3.8, 4) is 0 Å². The van der Waals surface area contributed by atoms with Gasteiger partial charge in [0.25, 0.3) is 0 Å². The molecule has 2 rings (SSSR count). The van der Waals surface area contributed by atoms with E-state index in [1.807, 2.05) is 30.3 Å². The maximum atomic E-state index is 13.4. The van der Waals surface area contributed by atoms with Crippen LogP contribution in [0.2, 0.25) is 0 Å². The number of carbonyl (C=O) groups is 2. The minimum atomic E-state index is -4.68. The lowest BCUT2D eigenvalue weighted by atomic mass is 10.1. The minimum absolute atomic E-state index is 0.124. The molecule has 0 radical (unpaired) electrons. The Morgan fingerprint density at radius 3 is 2.23 bits per heavy atom. The molecular weight excluding hydrogens is 483 g/mol. The summed E-state index contributed by atoms with van der Waals surface area (Å²) in [5, 5.41) is 2.68. The average Bonchev–Trinajstić information content (AvgIpc) is 2.79. The molecule has 7 nitrogen and oxygen atoms in total. The molecule has 0 aliphatic rings. The van der Waals surface area contributed by atoms with E-state index in [-0.39, 0.29) is 24.6 Å². The number of rotatable bonds is 11. The lowest BCUT2D eigenvalue weighted by Crippen LogP contribution is -2.53. The van der Waals surface area contributed by atoms with Gasteiger partial charge in [-0.2, -0.15) is 13.2 Å². The van der Waals surface area contributed by atoms with Crippen LogP contribution in [-0.4, -0.2) is 57.1 Å². The van der Waals surface area contributed by atoms with Crippen LogP contribution < -0.4 is 9.62 Å². The first-order valence-corrected chi connectivity index (χ1v) is 13.0. The lowest BCUT2D eigenvalue weighted by molar-refractivity contribution is -0.139. The zero-order valence-electron chi connectivity index (χ0n) is 19.9. The molecule has 35 heavy (non-hydrogen) atoms. The van der Waals surface area contributed by atoms with Crippen molar-refractivity contribution in [3.63, 3.8) is 0 Å². The molecule has 0 aliphatic carbocycles. The monoisotopic (exact) mass is 513 g/mol. The van der Waals surface area contributed by atoms with Gasteiger partial charge in [-0.05, 0) is 43.5 Å². The van der Waals surface area contributed by atoms with Crippen molar-refractivity contribution in [2.24, 2.45) is 0 Å². The van der Waals surface area contributed by atoms with Crippen molar-refractivity contribution in [2.75, 3.05) is 30.2 Å². The lowest BCUT2D eigenvalue weighted by Gasteiger charge is -2.32. The van der Waals surface area contributed by atoms with Crippen LogP contribution >= 0.6 is 0 Å². The number of likely N-dealkylation sites (N-methyl/N-ethyl adjacent to an activating group) is 1. The van der Waals surface area contributed by atoms with E-state index < -0.39 is 40.3 Å². The molecule has 0 saturated heterocycles. The van der Waals surface area contributed by atoms with E-state index in [2.05, 4.69) is 5.32 Å². The molecule has 2 amide bonds. The highest BCUT2D eigenvalue weighted by Crippen LogP contribution is 2.32. The van der Waals surface area contributed by atoms with Gasteiger partial charge in [0.2, 0.25) is 21.8 Å². The van der Waals surface area contributed by atoms with Crippen molar-refractivity contribution in [1.82, 2.24) is 10.2 Å². The van der Waals surface area contributed by atoms with Crippen molar-refractivity contribution < 1.29 is 31.2 Å². The smallest absolute Gasteiger partial charge is 0.355 e. The summed E-state index contributed by atoms with van der Waals surface area (Å²) in [5.41, 5.74) is -0.413. The van der Waals surface area contributed by atoms with E-state index in [9.17, 15) is 31.2 Å². The standard InChI is InChI=1S/C24H30F3N3O4S/c1-4-21(23(32)28-5-2)29(15-14-18-10-7-6-8-11-18)22(31)17-30(35(3,33)34)20-13-9-12-19(16-20)24(25,26)27/h6-13,16,21H,4-5,14-15,17H2,1-3H3,(H,28,32)/t21-/m0/s1. The normalized spacial score (nSPS) is 12.6. The zero-order valence-corrected chi connectivity index (χ0v) is 20.7. The molecule has 0 bridgehead atoms. The zero-order chi connectivity index (χ0) is 26.2. The third kappa shape index (κ3) is 7.98.